The SMILES string of the molecule is Cc1cc(CCNC(=O)C2CC(=O)N(c3cnn(C)c3)C2)nn1C. The summed E-state index contributed by atoms with van der Waals surface area (Å²) in [4.78, 5) is 26.1. The van der Waals surface area contributed by atoms with E-state index < -0.39 is 0 Å². The van der Waals surface area contributed by atoms with Crippen LogP contribution in [-0.4, -0.2) is 44.5 Å². The smallest absolute Gasteiger partial charge is 0.227 e. The maximum absolute atomic E-state index is 12.3. The molecule has 128 valence electrons. The van der Waals surface area contributed by atoms with E-state index in [1.807, 2.05) is 24.7 Å². The number of nitrogens with zero attached hydrogens (tertiary/aromatic N) is 5. The summed E-state index contributed by atoms with van der Waals surface area (Å²) in [6.07, 6.45) is 4.34. The molecule has 2 aromatic rings. The van der Waals surface area contributed by atoms with Crippen LogP contribution in [0.15, 0.2) is 18.5 Å². The lowest BCUT2D eigenvalue weighted by Gasteiger charge is -2.14. The Kier molecular flexibility index (Phi) is 4.37. The summed E-state index contributed by atoms with van der Waals surface area (Å²) in [7, 11) is 3.70. The van der Waals surface area contributed by atoms with Gasteiger partial charge in [-0.25, -0.2) is 0 Å². The lowest BCUT2D eigenvalue weighted by Crippen LogP contribution is -2.34. The van der Waals surface area contributed by atoms with Gasteiger partial charge in [-0.3, -0.25) is 19.0 Å². The molecule has 1 N–H and O–H groups in total. The van der Waals surface area contributed by atoms with Crippen LogP contribution in [0.25, 0.3) is 0 Å². The Morgan fingerprint density at radius 2 is 2.21 bits per heavy atom. The van der Waals surface area contributed by atoms with E-state index in [1.54, 1.807) is 29.0 Å². The number of aryl methyl sites for hydroxylation is 3. The number of nitrogens with one attached hydrogen (secondary N) is 1. The highest BCUT2D eigenvalue weighted by molar-refractivity contribution is 6.00. The number of anilines is 1. The van der Waals surface area contributed by atoms with E-state index in [0.29, 0.717) is 19.5 Å². The number of amides is 2. The van der Waals surface area contributed by atoms with Gasteiger partial charge in [0.05, 0.1) is 23.5 Å². The largest absolute Gasteiger partial charge is 0.355 e. The van der Waals surface area contributed by atoms with Crippen LogP contribution in [0, 0.1) is 12.8 Å². The van der Waals surface area contributed by atoms with Crippen LogP contribution in [-0.2, 0) is 30.1 Å². The van der Waals surface area contributed by atoms with Gasteiger partial charge in [-0.15, -0.1) is 0 Å². The van der Waals surface area contributed by atoms with Gasteiger partial charge in [0.2, 0.25) is 11.8 Å². The van der Waals surface area contributed by atoms with Gasteiger partial charge in [0.25, 0.3) is 0 Å². The van der Waals surface area contributed by atoms with Crippen LogP contribution < -0.4 is 10.2 Å². The van der Waals surface area contributed by atoms with Crippen molar-refractivity contribution >= 4 is 17.5 Å². The molecule has 2 amide bonds. The van der Waals surface area contributed by atoms with Crippen LogP contribution in [0.5, 0.6) is 0 Å². The van der Waals surface area contributed by atoms with Crippen LogP contribution in [0.3, 0.4) is 0 Å². The molecule has 1 fully saturated rings. The summed E-state index contributed by atoms with van der Waals surface area (Å²) in [5.41, 5.74) is 2.78. The molecule has 24 heavy (non-hydrogen) atoms. The molecule has 3 rings (SSSR count). The molecule has 3 heterocycles. The zero-order valence-electron chi connectivity index (χ0n) is 14.2. The average Bonchev–Trinajstić information content (AvgIpc) is 3.20. The van der Waals surface area contributed by atoms with Gasteiger partial charge in [-0.2, -0.15) is 10.2 Å². The summed E-state index contributed by atoms with van der Waals surface area (Å²) in [6, 6.07) is 2.01. The summed E-state index contributed by atoms with van der Waals surface area (Å²) >= 11 is 0. The standard InChI is InChI=1S/C16H22N6O2/c1-11-6-13(19-21(11)3)4-5-17-16(24)12-7-15(23)22(9-12)14-8-18-20(2)10-14/h6,8,10,12H,4-5,7,9H2,1-3H3,(H,17,24). The molecule has 0 bridgehead atoms. The summed E-state index contributed by atoms with van der Waals surface area (Å²) in [5, 5.41) is 11.3. The number of aromatic nitrogens is 4. The van der Waals surface area contributed by atoms with E-state index in [4.69, 9.17) is 0 Å². The van der Waals surface area contributed by atoms with Crippen LogP contribution in [0.1, 0.15) is 17.8 Å². The van der Waals surface area contributed by atoms with Crippen molar-refractivity contribution in [1.82, 2.24) is 24.9 Å². The van der Waals surface area contributed by atoms with Gasteiger partial charge >= 0.3 is 0 Å². The predicted octanol–water partition coefficient (Wildman–Crippen LogP) is 0.174. The number of hydrogen-bond acceptors (Lipinski definition) is 4. The second-order valence-corrected chi connectivity index (χ2v) is 6.22. The zero-order valence-corrected chi connectivity index (χ0v) is 14.2. The van der Waals surface area contributed by atoms with Crippen molar-refractivity contribution < 1.29 is 9.59 Å². The van der Waals surface area contributed by atoms with Gasteiger partial charge in [-0.05, 0) is 13.0 Å². The molecule has 1 saturated heterocycles. The third-order valence-corrected chi connectivity index (χ3v) is 4.34. The minimum absolute atomic E-state index is 0.0384. The quantitative estimate of drug-likeness (QED) is 0.847. The van der Waals surface area contributed by atoms with E-state index in [1.165, 1.54) is 0 Å². The molecule has 1 unspecified atom stereocenters. The second-order valence-electron chi connectivity index (χ2n) is 6.22. The van der Waals surface area contributed by atoms with Crippen molar-refractivity contribution in [3.8, 4) is 0 Å². The Morgan fingerprint density at radius 3 is 2.83 bits per heavy atom. The molecule has 0 aromatic carbocycles. The normalized spacial score (nSPS) is 17.5. The van der Waals surface area contributed by atoms with E-state index in [2.05, 4.69) is 15.5 Å². The Morgan fingerprint density at radius 1 is 1.42 bits per heavy atom. The first-order valence-electron chi connectivity index (χ1n) is 8.00. The van der Waals surface area contributed by atoms with E-state index >= 15 is 0 Å². The van der Waals surface area contributed by atoms with E-state index in [0.717, 1.165) is 17.1 Å². The third kappa shape index (κ3) is 3.32. The van der Waals surface area contributed by atoms with Crippen LogP contribution >= 0.6 is 0 Å². The van der Waals surface area contributed by atoms with Crippen molar-refractivity contribution in [2.75, 3.05) is 18.0 Å². The van der Waals surface area contributed by atoms with Gasteiger partial charge in [-0.1, -0.05) is 0 Å². The fraction of sp³-hybridized carbons (Fsp3) is 0.500. The van der Waals surface area contributed by atoms with Gasteiger partial charge in [0, 0.05) is 51.9 Å². The highest BCUT2D eigenvalue weighted by Gasteiger charge is 2.35. The first kappa shape index (κ1) is 16.2. The minimum atomic E-state index is -0.317. The molecule has 8 heteroatoms. The highest BCUT2D eigenvalue weighted by Crippen LogP contribution is 2.24. The van der Waals surface area contributed by atoms with Gasteiger partial charge < -0.3 is 10.2 Å². The van der Waals surface area contributed by atoms with Gasteiger partial charge in [0.1, 0.15) is 0 Å². The fourth-order valence-corrected chi connectivity index (χ4v) is 2.90. The number of rotatable bonds is 5. The molecule has 2 aromatic heterocycles. The van der Waals surface area contributed by atoms with E-state index in [9.17, 15) is 9.59 Å². The molecule has 1 aliphatic heterocycles. The lowest BCUT2D eigenvalue weighted by molar-refractivity contribution is -0.126. The minimum Gasteiger partial charge on any atom is -0.355 e. The molecule has 0 saturated carbocycles. The maximum atomic E-state index is 12.3. The molecular weight excluding hydrogens is 308 g/mol. The first-order valence-corrected chi connectivity index (χ1v) is 8.00. The van der Waals surface area contributed by atoms with Crippen molar-refractivity contribution in [3.63, 3.8) is 0 Å². The molecule has 1 aliphatic rings. The summed E-state index contributed by atoms with van der Waals surface area (Å²) in [5.74, 6) is -0.436. The zero-order chi connectivity index (χ0) is 17.3. The number of carbonyl (C=O) groups excluding carboxylic acids is 2. The molecule has 8 nitrogen and oxygen atoms in total. The first-order chi connectivity index (χ1) is 11.4. The summed E-state index contributed by atoms with van der Waals surface area (Å²) < 4.78 is 3.46. The third-order valence-electron chi connectivity index (χ3n) is 4.34. The Balaban J connectivity index is 1.51. The maximum Gasteiger partial charge on any atom is 0.227 e. The molecule has 0 aliphatic carbocycles. The Bertz CT molecular complexity index is 743. The van der Waals surface area contributed by atoms with E-state index in [-0.39, 0.29) is 24.2 Å². The monoisotopic (exact) mass is 330 g/mol. The Hall–Kier alpha value is -2.64. The molecule has 0 radical (unpaired) electrons. The topological polar surface area (TPSA) is 85.1 Å². The second kappa shape index (κ2) is 6.46. The van der Waals surface area contributed by atoms with Crippen LogP contribution in [0.2, 0.25) is 0 Å². The average molecular weight is 330 g/mol. The lowest BCUT2D eigenvalue weighted by atomic mass is 10.1. The number of carbonyl (C=O) groups is 2. The molecular formula is C16H22N6O2. The van der Waals surface area contributed by atoms with Crippen molar-refractivity contribution in [2.24, 2.45) is 20.0 Å². The molecule has 1 atom stereocenters. The highest BCUT2D eigenvalue weighted by atomic mass is 16.2. The fourth-order valence-electron chi connectivity index (χ4n) is 2.90. The summed E-state index contributed by atoms with van der Waals surface area (Å²) in [6.45, 7) is 2.91. The number of hydrogen-bond donors (Lipinski definition) is 1. The predicted molar refractivity (Wildman–Crippen MR) is 88.3 cm³/mol. The Labute approximate surface area is 140 Å². The van der Waals surface area contributed by atoms with Crippen molar-refractivity contribution in [1.29, 1.82) is 0 Å². The van der Waals surface area contributed by atoms with Crippen molar-refractivity contribution in [3.05, 3.63) is 29.8 Å². The van der Waals surface area contributed by atoms with Gasteiger partial charge in [0.15, 0.2) is 0 Å². The molecule has 0 spiro atoms. The van der Waals surface area contributed by atoms with Crippen molar-refractivity contribution in [2.45, 2.75) is 19.8 Å². The van der Waals surface area contributed by atoms with Crippen LogP contribution in [0.4, 0.5) is 5.69 Å².